The van der Waals surface area contributed by atoms with Gasteiger partial charge in [0.1, 0.15) is 0 Å². The number of hydrogen-bond donors (Lipinski definition) is 0. The summed E-state index contributed by atoms with van der Waals surface area (Å²) in [4.78, 5) is 12.9. The van der Waals surface area contributed by atoms with Crippen LogP contribution in [0.2, 0.25) is 0 Å². The van der Waals surface area contributed by atoms with Crippen molar-refractivity contribution in [2.45, 2.75) is 73.1 Å². The van der Waals surface area contributed by atoms with Crippen molar-refractivity contribution >= 4 is 5.78 Å². The lowest BCUT2D eigenvalue weighted by Gasteiger charge is -2.27. The second-order valence-corrected chi connectivity index (χ2v) is 8.79. The average molecular weight is 425 g/mol. The Morgan fingerprint density at radius 2 is 1.66 bits per heavy atom. The third kappa shape index (κ3) is 7.90. The molecule has 0 aliphatic carbocycles. The zero-order chi connectivity index (χ0) is 23.4. The Morgan fingerprint density at radius 1 is 0.938 bits per heavy atom. The van der Waals surface area contributed by atoms with Gasteiger partial charge in [-0.15, -0.1) is 0 Å². The molecule has 2 rings (SSSR count). The van der Waals surface area contributed by atoms with Gasteiger partial charge in [0, 0.05) is 29.5 Å². The molecule has 0 N–H and O–H groups in total. The summed E-state index contributed by atoms with van der Waals surface area (Å²) >= 11 is 0. The van der Waals surface area contributed by atoms with Gasteiger partial charge in [0.15, 0.2) is 5.78 Å². The van der Waals surface area contributed by atoms with Crippen LogP contribution in [0.1, 0.15) is 93.8 Å². The van der Waals surface area contributed by atoms with Crippen molar-refractivity contribution in [2.24, 2.45) is 5.41 Å². The molecular formula is C31H36O. The van der Waals surface area contributed by atoms with Crippen LogP contribution in [0.4, 0.5) is 0 Å². The molecule has 0 spiro atoms. The van der Waals surface area contributed by atoms with Crippen molar-refractivity contribution in [1.82, 2.24) is 0 Å². The van der Waals surface area contributed by atoms with E-state index in [1.165, 1.54) is 11.1 Å². The lowest BCUT2D eigenvalue weighted by Crippen LogP contribution is -2.17. The molecule has 1 nitrogen and oxygen atoms in total. The van der Waals surface area contributed by atoms with E-state index in [-0.39, 0.29) is 11.2 Å². The second kappa shape index (κ2) is 12.7. The maximum absolute atomic E-state index is 12.9. The zero-order valence-electron chi connectivity index (χ0n) is 20.3. The largest absolute Gasteiger partial charge is 0.294 e. The van der Waals surface area contributed by atoms with Gasteiger partial charge in [-0.05, 0) is 60.6 Å². The minimum atomic E-state index is -0.0781. The lowest BCUT2D eigenvalue weighted by atomic mass is 9.77. The molecule has 0 aliphatic rings. The van der Waals surface area contributed by atoms with Gasteiger partial charge in [0.05, 0.1) is 0 Å². The molecule has 1 heteroatoms. The van der Waals surface area contributed by atoms with Crippen LogP contribution in [0.15, 0.2) is 60.2 Å². The highest BCUT2D eigenvalue weighted by Gasteiger charge is 2.24. The van der Waals surface area contributed by atoms with E-state index in [1.807, 2.05) is 31.2 Å². The molecule has 0 atom stereocenters. The maximum atomic E-state index is 12.9. The highest BCUT2D eigenvalue weighted by Crippen LogP contribution is 2.35. The lowest BCUT2D eigenvalue weighted by molar-refractivity contribution is 0.0968. The Bertz CT molecular complexity index is 1060. The van der Waals surface area contributed by atoms with E-state index in [1.54, 1.807) is 0 Å². The standard InChI is InChI=1S/C31H36O/c1-6-9-14-27-17-11-19-28(24-27)30(32)21-22-31(4,5)29(13-7-2)20-12-18-26-16-10-15-25(8-3)23-26/h10-11,15-17,19-20,23-24H,6-8,13,21-22H2,1-5H3/b29-20+. The van der Waals surface area contributed by atoms with E-state index in [9.17, 15) is 4.79 Å². The first kappa shape index (κ1) is 25.2. The maximum Gasteiger partial charge on any atom is 0.162 e. The minimum Gasteiger partial charge on any atom is -0.294 e. The van der Waals surface area contributed by atoms with Crippen molar-refractivity contribution in [3.8, 4) is 23.7 Å². The first-order valence-corrected chi connectivity index (χ1v) is 11.8. The summed E-state index contributed by atoms with van der Waals surface area (Å²) in [7, 11) is 0. The van der Waals surface area contributed by atoms with Gasteiger partial charge in [-0.3, -0.25) is 4.79 Å². The van der Waals surface area contributed by atoms with Crippen molar-refractivity contribution in [2.75, 3.05) is 0 Å². The summed E-state index contributed by atoms with van der Waals surface area (Å²) in [6.07, 6.45) is 7.28. The predicted molar refractivity (Wildman–Crippen MR) is 137 cm³/mol. The van der Waals surface area contributed by atoms with E-state index < -0.39 is 0 Å². The third-order valence-electron chi connectivity index (χ3n) is 5.76. The Hall–Kier alpha value is -3.03. The van der Waals surface area contributed by atoms with Gasteiger partial charge < -0.3 is 0 Å². The molecule has 32 heavy (non-hydrogen) atoms. The van der Waals surface area contributed by atoms with Crippen LogP contribution in [0.3, 0.4) is 0 Å². The summed E-state index contributed by atoms with van der Waals surface area (Å²) < 4.78 is 0. The van der Waals surface area contributed by atoms with Crippen molar-refractivity contribution in [3.63, 3.8) is 0 Å². The predicted octanol–water partition coefficient (Wildman–Crippen LogP) is 7.78. The van der Waals surface area contributed by atoms with Crippen LogP contribution in [-0.4, -0.2) is 5.78 Å². The smallest absolute Gasteiger partial charge is 0.162 e. The molecule has 0 saturated carbocycles. The van der Waals surface area contributed by atoms with Crippen LogP contribution in [0.25, 0.3) is 0 Å². The van der Waals surface area contributed by atoms with Gasteiger partial charge in [-0.25, -0.2) is 0 Å². The molecule has 0 bridgehead atoms. The summed E-state index contributed by atoms with van der Waals surface area (Å²) in [5.41, 5.74) is 5.25. The Labute approximate surface area is 195 Å². The van der Waals surface area contributed by atoms with Gasteiger partial charge in [0.2, 0.25) is 0 Å². The summed E-state index contributed by atoms with van der Waals surface area (Å²) in [5.74, 6) is 12.9. The van der Waals surface area contributed by atoms with Crippen molar-refractivity contribution in [3.05, 3.63) is 82.4 Å². The number of allylic oxidation sites excluding steroid dienone is 2. The molecular weight excluding hydrogens is 388 g/mol. The molecule has 2 aromatic carbocycles. The van der Waals surface area contributed by atoms with Gasteiger partial charge in [0.25, 0.3) is 0 Å². The zero-order valence-corrected chi connectivity index (χ0v) is 20.3. The molecule has 0 fully saturated rings. The number of carbonyl (C=O) groups is 1. The van der Waals surface area contributed by atoms with E-state index in [0.717, 1.165) is 48.8 Å². The van der Waals surface area contributed by atoms with Crippen LogP contribution in [-0.2, 0) is 6.42 Å². The van der Waals surface area contributed by atoms with E-state index in [4.69, 9.17) is 0 Å². The molecule has 2 aromatic rings. The number of aryl methyl sites for hydroxylation is 1. The Balaban J connectivity index is 2.12. The summed E-state index contributed by atoms with van der Waals surface area (Å²) in [5, 5.41) is 0. The fraction of sp³-hybridized carbons (Fsp3) is 0.387. The number of rotatable bonds is 8. The number of carbonyl (C=O) groups excluding carboxylic acids is 1. The molecule has 0 heterocycles. The number of ketones is 1. The quantitative estimate of drug-likeness (QED) is 0.312. The fourth-order valence-corrected chi connectivity index (χ4v) is 3.64. The van der Waals surface area contributed by atoms with Gasteiger partial charge in [-0.2, -0.15) is 0 Å². The molecule has 0 amide bonds. The minimum absolute atomic E-state index is 0.0781. The molecule has 0 saturated heterocycles. The molecule has 0 aliphatic heterocycles. The number of Topliss-reactive ketones (excluding diaryl/α,β-unsaturated/α-hetero) is 1. The van der Waals surface area contributed by atoms with Crippen molar-refractivity contribution < 1.29 is 4.79 Å². The van der Waals surface area contributed by atoms with Crippen LogP contribution in [0.5, 0.6) is 0 Å². The molecule has 0 aromatic heterocycles. The monoisotopic (exact) mass is 424 g/mol. The van der Waals surface area contributed by atoms with Gasteiger partial charge >= 0.3 is 0 Å². The highest BCUT2D eigenvalue weighted by molar-refractivity contribution is 5.96. The van der Waals surface area contributed by atoms with E-state index >= 15 is 0 Å². The molecule has 0 radical (unpaired) electrons. The van der Waals surface area contributed by atoms with Crippen molar-refractivity contribution in [1.29, 1.82) is 0 Å². The number of benzene rings is 2. The summed E-state index contributed by atoms with van der Waals surface area (Å²) in [6.45, 7) is 10.8. The first-order valence-electron chi connectivity index (χ1n) is 11.8. The highest BCUT2D eigenvalue weighted by atomic mass is 16.1. The molecule has 166 valence electrons. The van der Waals surface area contributed by atoms with Gasteiger partial charge in [-0.1, -0.05) is 94.6 Å². The summed E-state index contributed by atoms with van der Waals surface area (Å²) in [6, 6.07) is 16.1. The normalized spacial score (nSPS) is 11.2. The Morgan fingerprint density at radius 3 is 2.34 bits per heavy atom. The van der Waals surface area contributed by atoms with E-state index in [0.29, 0.717) is 6.42 Å². The number of hydrogen-bond acceptors (Lipinski definition) is 1. The topological polar surface area (TPSA) is 17.1 Å². The molecule has 0 unspecified atom stereocenters. The van der Waals surface area contributed by atoms with E-state index in [2.05, 4.69) is 81.7 Å². The SMILES string of the molecule is CCC#Cc1cccc(C(=O)CCC(C)(C)/C(=C/C#Cc2cccc(CC)c2)CCC)c1. The van der Waals surface area contributed by atoms with Crippen LogP contribution < -0.4 is 0 Å². The third-order valence-corrected chi connectivity index (χ3v) is 5.76. The van der Waals surface area contributed by atoms with Crippen LogP contribution >= 0.6 is 0 Å². The average Bonchev–Trinajstić information content (AvgIpc) is 2.81. The fourth-order valence-electron chi connectivity index (χ4n) is 3.64. The Kier molecular flexibility index (Phi) is 10.0. The van der Waals surface area contributed by atoms with Crippen LogP contribution in [0, 0.1) is 29.1 Å². The first-order chi connectivity index (χ1) is 15.4. The second-order valence-electron chi connectivity index (χ2n) is 8.79.